The van der Waals surface area contributed by atoms with Gasteiger partial charge in [0.2, 0.25) is 0 Å². The molecule has 78 valence electrons. The van der Waals surface area contributed by atoms with E-state index in [-0.39, 0.29) is 0 Å². The zero-order valence-electron chi connectivity index (χ0n) is 8.74. The van der Waals surface area contributed by atoms with E-state index < -0.39 is 0 Å². The highest BCUT2D eigenvalue weighted by Crippen LogP contribution is 2.29. The highest BCUT2D eigenvalue weighted by Gasteiger charge is 2.05. The van der Waals surface area contributed by atoms with E-state index in [4.69, 9.17) is 5.73 Å². The highest BCUT2D eigenvalue weighted by molar-refractivity contribution is 7.19. The van der Waals surface area contributed by atoms with Crippen molar-refractivity contribution in [1.29, 1.82) is 0 Å². The molecule has 2 aromatic rings. The molecule has 0 atom stereocenters. The van der Waals surface area contributed by atoms with Gasteiger partial charge in [-0.25, -0.2) is 4.98 Å². The fourth-order valence-electron chi connectivity index (χ4n) is 1.37. The Hall–Kier alpha value is -1.55. The summed E-state index contributed by atoms with van der Waals surface area (Å²) in [7, 11) is 0. The summed E-state index contributed by atoms with van der Waals surface area (Å²) in [6.07, 6.45) is 0. The number of nitrogens with two attached hydrogens (primary N) is 1. The number of nitrogens with one attached hydrogen (secondary N) is 1. The van der Waals surface area contributed by atoms with Crippen LogP contribution in [0.25, 0.3) is 0 Å². The van der Waals surface area contributed by atoms with Crippen molar-refractivity contribution in [3.63, 3.8) is 0 Å². The number of para-hydroxylation sites is 1. The molecule has 0 amide bonds. The molecule has 0 aliphatic carbocycles. The molecular weight excluding hydrogens is 206 g/mol. The maximum atomic E-state index is 5.64. The van der Waals surface area contributed by atoms with E-state index in [1.807, 2.05) is 25.1 Å². The van der Waals surface area contributed by atoms with Crippen LogP contribution in [-0.2, 0) is 0 Å². The van der Waals surface area contributed by atoms with Crippen LogP contribution in [0.3, 0.4) is 0 Å². The summed E-state index contributed by atoms with van der Waals surface area (Å²) in [5, 5.41) is 4.95. The molecule has 0 saturated heterocycles. The zero-order chi connectivity index (χ0) is 10.8. The summed E-state index contributed by atoms with van der Waals surface area (Å²) >= 11 is 1.47. The predicted molar refractivity (Wildman–Crippen MR) is 65.7 cm³/mol. The first kappa shape index (κ1) is 9.98. The largest absolute Gasteiger partial charge is 0.375 e. The molecule has 15 heavy (non-hydrogen) atoms. The fraction of sp³-hybridized carbons (Fsp3) is 0.182. The molecule has 0 aliphatic heterocycles. The Balaban J connectivity index is 2.29. The van der Waals surface area contributed by atoms with Crippen LogP contribution in [0.1, 0.15) is 11.3 Å². The van der Waals surface area contributed by atoms with Gasteiger partial charge in [-0.05, 0) is 25.5 Å². The number of benzene rings is 1. The van der Waals surface area contributed by atoms with Gasteiger partial charge in [0.25, 0.3) is 0 Å². The molecule has 3 nitrogen and oxygen atoms in total. The van der Waals surface area contributed by atoms with Crippen molar-refractivity contribution in [2.45, 2.75) is 13.8 Å². The monoisotopic (exact) mass is 219 g/mol. The Bertz CT molecular complexity index is 476. The molecule has 0 aliphatic rings. The number of aromatic nitrogens is 1. The number of hydrogen-bond donors (Lipinski definition) is 2. The quantitative estimate of drug-likeness (QED) is 0.816. The van der Waals surface area contributed by atoms with Crippen molar-refractivity contribution in [2.24, 2.45) is 0 Å². The Morgan fingerprint density at radius 3 is 2.60 bits per heavy atom. The fourth-order valence-corrected chi connectivity index (χ4v) is 2.11. The van der Waals surface area contributed by atoms with Gasteiger partial charge in [0, 0.05) is 5.69 Å². The standard InChI is InChI=1S/C11H13N3S/c1-7-5-3-4-6-9(7)14-10-8(2)13-11(12)15-10/h3-6,14H,1-2H3,(H2,12,13). The first-order valence-corrected chi connectivity index (χ1v) is 5.54. The van der Waals surface area contributed by atoms with Crippen LogP contribution in [0.4, 0.5) is 15.8 Å². The molecule has 0 fully saturated rings. The van der Waals surface area contributed by atoms with Gasteiger partial charge in [-0.1, -0.05) is 29.5 Å². The molecule has 0 radical (unpaired) electrons. The van der Waals surface area contributed by atoms with Gasteiger partial charge in [-0.2, -0.15) is 0 Å². The molecule has 0 unspecified atom stereocenters. The van der Waals surface area contributed by atoms with Crippen LogP contribution in [0.2, 0.25) is 0 Å². The van der Waals surface area contributed by atoms with Crippen molar-refractivity contribution in [3.05, 3.63) is 35.5 Å². The van der Waals surface area contributed by atoms with Crippen molar-refractivity contribution in [1.82, 2.24) is 4.98 Å². The number of nitrogens with zero attached hydrogens (tertiary/aromatic N) is 1. The lowest BCUT2D eigenvalue weighted by Crippen LogP contribution is -1.91. The molecule has 2 rings (SSSR count). The zero-order valence-corrected chi connectivity index (χ0v) is 9.56. The minimum Gasteiger partial charge on any atom is -0.375 e. The number of nitrogen functional groups attached to an aromatic ring is 1. The van der Waals surface area contributed by atoms with Crippen molar-refractivity contribution in [2.75, 3.05) is 11.1 Å². The Morgan fingerprint density at radius 1 is 1.27 bits per heavy atom. The van der Waals surface area contributed by atoms with E-state index in [1.165, 1.54) is 16.9 Å². The average molecular weight is 219 g/mol. The van der Waals surface area contributed by atoms with Crippen molar-refractivity contribution < 1.29 is 0 Å². The van der Waals surface area contributed by atoms with E-state index in [9.17, 15) is 0 Å². The summed E-state index contributed by atoms with van der Waals surface area (Å²) in [4.78, 5) is 4.17. The summed E-state index contributed by atoms with van der Waals surface area (Å²) < 4.78 is 0. The van der Waals surface area contributed by atoms with E-state index in [0.717, 1.165) is 16.4 Å². The van der Waals surface area contributed by atoms with Gasteiger partial charge >= 0.3 is 0 Å². The Labute approximate surface area is 93.0 Å². The normalized spacial score (nSPS) is 10.3. The number of aryl methyl sites for hydroxylation is 2. The van der Waals surface area contributed by atoms with Gasteiger partial charge in [-0.3, -0.25) is 0 Å². The maximum Gasteiger partial charge on any atom is 0.182 e. The molecule has 0 spiro atoms. The van der Waals surface area contributed by atoms with Crippen molar-refractivity contribution >= 4 is 27.2 Å². The van der Waals surface area contributed by atoms with Crippen LogP contribution in [0.15, 0.2) is 24.3 Å². The lowest BCUT2D eigenvalue weighted by atomic mass is 10.2. The highest BCUT2D eigenvalue weighted by atomic mass is 32.1. The number of anilines is 3. The van der Waals surface area contributed by atoms with Gasteiger partial charge < -0.3 is 11.1 Å². The minimum atomic E-state index is 0.601. The van der Waals surface area contributed by atoms with Crippen LogP contribution in [0.5, 0.6) is 0 Å². The topological polar surface area (TPSA) is 50.9 Å². The molecular formula is C11H13N3S. The van der Waals surface area contributed by atoms with E-state index >= 15 is 0 Å². The van der Waals surface area contributed by atoms with Crippen molar-refractivity contribution in [3.8, 4) is 0 Å². The van der Waals surface area contributed by atoms with Crippen LogP contribution in [0, 0.1) is 13.8 Å². The van der Waals surface area contributed by atoms with Gasteiger partial charge in [0.1, 0.15) is 5.00 Å². The third-order valence-electron chi connectivity index (χ3n) is 2.21. The second-order valence-electron chi connectivity index (χ2n) is 3.41. The summed E-state index contributed by atoms with van der Waals surface area (Å²) in [6.45, 7) is 4.02. The molecule has 4 heteroatoms. The number of rotatable bonds is 2. The summed E-state index contributed by atoms with van der Waals surface area (Å²) in [5.74, 6) is 0. The average Bonchev–Trinajstić information content (AvgIpc) is 2.49. The molecule has 1 heterocycles. The number of hydrogen-bond acceptors (Lipinski definition) is 4. The summed E-state index contributed by atoms with van der Waals surface area (Å²) in [6, 6.07) is 8.15. The van der Waals surface area contributed by atoms with Crippen LogP contribution < -0.4 is 11.1 Å². The van der Waals surface area contributed by atoms with Gasteiger partial charge in [0.15, 0.2) is 5.13 Å². The van der Waals surface area contributed by atoms with Crippen LogP contribution >= 0.6 is 11.3 Å². The molecule has 0 saturated carbocycles. The van der Waals surface area contributed by atoms with Crippen LogP contribution in [-0.4, -0.2) is 4.98 Å². The van der Waals surface area contributed by atoms with E-state index in [0.29, 0.717) is 5.13 Å². The third-order valence-corrected chi connectivity index (χ3v) is 3.11. The predicted octanol–water partition coefficient (Wildman–Crippen LogP) is 3.09. The first-order chi connectivity index (χ1) is 7.16. The Morgan fingerprint density at radius 2 is 2.00 bits per heavy atom. The molecule has 1 aromatic heterocycles. The van der Waals surface area contributed by atoms with Gasteiger partial charge in [0.05, 0.1) is 5.69 Å². The Kier molecular flexibility index (Phi) is 2.60. The lowest BCUT2D eigenvalue weighted by Gasteiger charge is -2.06. The molecule has 1 aromatic carbocycles. The second kappa shape index (κ2) is 3.90. The SMILES string of the molecule is Cc1ccccc1Nc1sc(N)nc1C. The van der Waals surface area contributed by atoms with E-state index in [1.54, 1.807) is 0 Å². The minimum absolute atomic E-state index is 0.601. The molecule has 0 bridgehead atoms. The van der Waals surface area contributed by atoms with Gasteiger partial charge in [-0.15, -0.1) is 0 Å². The maximum absolute atomic E-state index is 5.64. The molecule has 3 N–H and O–H groups in total. The smallest absolute Gasteiger partial charge is 0.182 e. The third kappa shape index (κ3) is 2.10. The second-order valence-corrected chi connectivity index (χ2v) is 4.44. The van der Waals surface area contributed by atoms with E-state index in [2.05, 4.69) is 23.3 Å². The first-order valence-electron chi connectivity index (χ1n) is 4.72. The lowest BCUT2D eigenvalue weighted by molar-refractivity contribution is 1.27. The number of thiazole rings is 1. The summed E-state index contributed by atoms with van der Waals surface area (Å²) in [5.41, 5.74) is 8.90.